The van der Waals surface area contributed by atoms with Gasteiger partial charge in [0, 0.05) is 17.0 Å². The predicted octanol–water partition coefficient (Wildman–Crippen LogP) is 7.27. The van der Waals surface area contributed by atoms with Gasteiger partial charge in [-0.15, -0.1) is 0 Å². The lowest BCUT2D eigenvalue weighted by Crippen LogP contribution is -2.45. The highest BCUT2D eigenvalue weighted by Crippen LogP contribution is 2.39. The minimum Gasteiger partial charge on any atom is -0.274 e. The molecule has 1 unspecified atom stereocenters. The zero-order valence-corrected chi connectivity index (χ0v) is 21.5. The molecule has 1 atom stereocenters. The van der Waals surface area contributed by atoms with Gasteiger partial charge in [0.25, 0.3) is 0 Å². The number of carbonyl (C=O) groups excluding carboxylic acids is 2. The van der Waals surface area contributed by atoms with Gasteiger partial charge in [0.1, 0.15) is 0 Å². The van der Waals surface area contributed by atoms with E-state index in [0.29, 0.717) is 17.0 Å². The Labute approximate surface area is 219 Å². The van der Waals surface area contributed by atoms with E-state index in [0.717, 1.165) is 26.0 Å². The Morgan fingerprint density at radius 3 is 2.25 bits per heavy atom. The number of carbonyl (C=O) groups is 2. The monoisotopic (exact) mass is 577 g/mol. The van der Waals surface area contributed by atoms with Crippen LogP contribution in [0.15, 0.2) is 82.4 Å². The lowest BCUT2D eigenvalue weighted by molar-refractivity contribution is -0.137. The second-order valence-electron chi connectivity index (χ2n) is 8.51. The Morgan fingerprint density at radius 1 is 1.06 bits per heavy atom. The van der Waals surface area contributed by atoms with E-state index in [1.165, 1.54) is 19.1 Å². The number of rotatable bonds is 3. The number of hydrazone groups is 1. The molecule has 1 aliphatic heterocycles. The number of hydrogen-bond donors (Lipinski definition) is 0. The summed E-state index contributed by atoms with van der Waals surface area (Å²) in [5.74, 6) is -0.509. The first-order valence-corrected chi connectivity index (χ1v) is 12.0. The van der Waals surface area contributed by atoms with Crippen molar-refractivity contribution < 1.29 is 22.8 Å². The third-order valence-corrected chi connectivity index (χ3v) is 6.82. The number of halogens is 5. The molecule has 1 aliphatic rings. The molecule has 1 heterocycles. The molecule has 3 amide bonds. The molecule has 36 heavy (non-hydrogen) atoms. The zero-order valence-electron chi connectivity index (χ0n) is 19.2. The van der Waals surface area contributed by atoms with Gasteiger partial charge in [-0.1, -0.05) is 63.9 Å². The molecule has 5 nitrogen and oxygen atoms in total. The first-order valence-electron chi connectivity index (χ1n) is 10.8. The summed E-state index contributed by atoms with van der Waals surface area (Å²) in [6.45, 7) is 3.18. The van der Waals surface area contributed by atoms with Crippen molar-refractivity contribution in [2.75, 3.05) is 11.4 Å². The van der Waals surface area contributed by atoms with Crippen LogP contribution < -0.4 is 4.90 Å². The average molecular weight is 579 g/mol. The Kier molecular flexibility index (Phi) is 6.99. The van der Waals surface area contributed by atoms with Gasteiger partial charge in [0.15, 0.2) is 0 Å². The molecule has 0 bridgehead atoms. The van der Waals surface area contributed by atoms with Crippen LogP contribution in [0.25, 0.3) is 0 Å². The van der Waals surface area contributed by atoms with Crippen LogP contribution >= 0.6 is 27.5 Å². The molecule has 0 aliphatic carbocycles. The third kappa shape index (κ3) is 4.90. The maximum atomic E-state index is 13.6. The lowest BCUT2D eigenvalue weighted by Gasteiger charge is -2.28. The first-order chi connectivity index (χ1) is 16.9. The number of benzene rings is 3. The topological polar surface area (TPSA) is 53.0 Å². The second kappa shape index (κ2) is 9.71. The summed E-state index contributed by atoms with van der Waals surface area (Å²) in [5.41, 5.74) is 0.0114. The molecule has 3 aromatic carbocycles. The lowest BCUT2D eigenvalue weighted by atomic mass is 9.76. The SMILES string of the molecule is CC(=O)N(C(=O)N1CC(C)(c2ccccc2)C(c2ccc(C(F)(F)F)c(Cl)c2)=N1)c1ccc(Br)cc1. The van der Waals surface area contributed by atoms with Crippen LogP contribution in [0.5, 0.6) is 0 Å². The van der Waals surface area contributed by atoms with E-state index in [1.807, 2.05) is 37.3 Å². The van der Waals surface area contributed by atoms with Crippen molar-refractivity contribution in [3.8, 4) is 0 Å². The zero-order chi connectivity index (χ0) is 26.3. The minimum absolute atomic E-state index is 0.0597. The molecule has 0 N–H and O–H groups in total. The molecule has 10 heteroatoms. The fraction of sp³-hybridized carbons (Fsp3) is 0.192. The molecule has 0 spiro atoms. The highest BCUT2D eigenvalue weighted by Gasteiger charge is 2.45. The number of hydrogen-bond acceptors (Lipinski definition) is 3. The summed E-state index contributed by atoms with van der Waals surface area (Å²) in [5, 5.41) is 5.22. The Bertz CT molecular complexity index is 1350. The molecule has 0 saturated heterocycles. The minimum atomic E-state index is -4.61. The predicted molar refractivity (Wildman–Crippen MR) is 136 cm³/mol. The van der Waals surface area contributed by atoms with Gasteiger partial charge in [-0.05, 0) is 48.9 Å². The molecule has 0 radical (unpaired) electrons. The van der Waals surface area contributed by atoms with Gasteiger partial charge in [-0.25, -0.2) is 14.7 Å². The molecule has 0 saturated carbocycles. The van der Waals surface area contributed by atoms with Gasteiger partial charge in [-0.2, -0.15) is 18.3 Å². The Balaban J connectivity index is 1.80. The van der Waals surface area contributed by atoms with E-state index in [2.05, 4.69) is 21.0 Å². The van der Waals surface area contributed by atoms with E-state index in [-0.39, 0.29) is 6.54 Å². The number of anilines is 1. The van der Waals surface area contributed by atoms with E-state index in [9.17, 15) is 22.8 Å². The number of nitrogens with zero attached hydrogens (tertiary/aromatic N) is 3. The quantitative estimate of drug-likeness (QED) is 0.328. The van der Waals surface area contributed by atoms with E-state index < -0.39 is 34.1 Å². The van der Waals surface area contributed by atoms with Crippen molar-refractivity contribution in [1.82, 2.24) is 5.01 Å². The van der Waals surface area contributed by atoms with Gasteiger partial charge in [0.05, 0.1) is 33.9 Å². The second-order valence-corrected chi connectivity index (χ2v) is 9.83. The molecular formula is C26H20BrClF3N3O2. The van der Waals surface area contributed by atoms with Crippen LogP contribution in [0, 0.1) is 0 Å². The number of amides is 3. The van der Waals surface area contributed by atoms with E-state index in [4.69, 9.17) is 11.6 Å². The van der Waals surface area contributed by atoms with Crippen molar-refractivity contribution in [3.63, 3.8) is 0 Å². The standard InChI is InChI=1S/C26H20BrClF3N3O2/c1-16(35)34(20-11-9-19(27)10-12-20)24(36)33-15-25(2,18-6-4-3-5-7-18)23(32-33)17-8-13-21(22(28)14-17)26(29,30)31/h3-14H,15H2,1-2H3. The maximum absolute atomic E-state index is 13.6. The molecule has 3 aromatic rings. The normalized spacial score (nSPS) is 17.6. The number of urea groups is 1. The summed E-state index contributed by atoms with van der Waals surface area (Å²) in [4.78, 5) is 27.0. The fourth-order valence-electron chi connectivity index (χ4n) is 4.19. The summed E-state index contributed by atoms with van der Waals surface area (Å²) in [7, 11) is 0. The maximum Gasteiger partial charge on any atom is 0.417 e. The summed E-state index contributed by atoms with van der Waals surface area (Å²) in [6, 6.07) is 18.6. The first kappa shape index (κ1) is 25.9. The van der Waals surface area contributed by atoms with Crippen molar-refractivity contribution in [2.45, 2.75) is 25.4 Å². The molecule has 186 valence electrons. The summed E-state index contributed by atoms with van der Waals surface area (Å²) in [6.07, 6.45) is -4.61. The highest BCUT2D eigenvalue weighted by atomic mass is 79.9. The molecule has 0 fully saturated rings. The molecule has 0 aromatic heterocycles. The van der Waals surface area contributed by atoms with Crippen LogP contribution in [-0.4, -0.2) is 29.2 Å². The van der Waals surface area contributed by atoms with Crippen LogP contribution in [0.1, 0.15) is 30.5 Å². The van der Waals surface area contributed by atoms with Crippen LogP contribution in [0.2, 0.25) is 5.02 Å². The number of alkyl halides is 3. The van der Waals surface area contributed by atoms with Crippen LogP contribution in [0.3, 0.4) is 0 Å². The van der Waals surface area contributed by atoms with Crippen molar-refractivity contribution in [2.24, 2.45) is 5.10 Å². The number of imide groups is 1. The van der Waals surface area contributed by atoms with Gasteiger partial charge < -0.3 is 0 Å². The van der Waals surface area contributed by atoms with Gasteiger partial charge in [-0.3, -0.25) is 4.79 Å². The van der Waals surface area contributed by atoms with Crippen LogP contribution in [0.4, 0.5) is 23.7 Å². The van der Waals surface area contributed by atoms with Crippen molar-refractivity contribution >= 4 is 50.9 Å². The average Bonchev–Trinajstić information content (AvgIpc) is 3.18. The van der Waals surface area contributed by atoms with Crippen molar-refractivity contribution in [3.05, 3.63) is 99.0 Å². The molecule has 4 rings (SSSR count). The summed E-state index contributed by atoms with van der Waals surface area (Å²) >= 11 is 9.33. The van der Waals surface area contributed by atoms with Gasteiger partial charge in [0.2, 0.25) is 5.91 Å². The third-order valence-electron chi connectivity index (χ3n) is 5.98. The Morgan fingerprint density at radius 2 is 1.69 bits per heavy atom. The molecular weight excluding hydrogens is 559 g/mol. The largest absolute Gasteiger partial charge is 0.417 e. The smallest absolute Gasteiger partial charge is 0.274 e. The van der Waals surface area contributed by atoms with Crippen molar-refractivity contribution in [1.29, 1.82) is 0 Å². The Hall–Kier alpha value is -3.17. The fourth-order valence-corrected chi connectivity index (χ4v) is 4.74. The van der Waals surface area contributed by atoms with Gasteiger partial charge >= 0.3 is 12.2 Å². The summed E-state index contributed by atoms with van der Waals surface area (Å²) < 4.78 is 40.6. The van der Waals surface area contributed by atoms with E-state index >= 15 is 0 Å². The van der Waals surface area contributed by atoms with Crippen LogP contribution in [-0.2, 0) is 16.4 Å². The van der Waals surface area contributed by atoms with E-state index in [1.54, 1.807) is 24.3 Å². The highest BCUT2D eigenvalue weighted by molar-refractivity contribution is 9.10.